The number of rotatable bonds is 7. The summed E-state index contributed by atoms with van der Waals surface area (Å²) in [4.78, 5) is 13.7. The quantitative estimate of drug-likeness (QED) is 0.539. The minimum Gasteiger partial charge on any atom is -0.396 e. The highest BCUT2D eigenvalue weighted by Gasteiger charge is 2.25. The molecule has 0 bridgehead atoms. The Hall–Kier alpha value is -0.650. The third-order valence-corrected chi connectivity index (χ3v) is 3.01. The standard InChI is InChI=1S/C11H23N3O2/c12-5-6-13-11(16)9-14-7-1-3-10(14)4-2-8-15/h10,15H,1-9,12H2,(H,13,16). The van der Waals surface area contributed by atoms with Crippen LogP contribution in [0.15, 0.2) is 0 Å². The van der Waals surface area contributed by atoms with Crippen molar-refractivity contribution in [3.63, 3.8) is 0 Å². The Kier molecular flexibility index (Phi) is 6.37. The van der Waals surface area contributed by atoms with Gasteiger partial charge in [0.05, 0.1) is 6.54 Å². The Balaban J connectivity index is 2.25. The van der Waals surface area contributed by atoms with Crippen LogP contribution >= 0.6 is 0 Å². The number of hydrogen-bond acceptors (Lipinski definition) is 4. The minimum absolute atomic E-state index is 0.0568. The largest absolute Gasteiger partial charge is 0.396 e. The fourth-order valence-electron chi connectivity index (χ4n) is 2.21. The Morgan fingerprint density at radius 3 is 3.06 bits per heavy atom. The van der Waals surface area contributed by atoms with E-state index in [1.165, 1.54) is 0 Å². The second-order valence-corrected chi connectivity index (χ2v) is 4.27. The summed E-state index contributed by atoms with van der Waals surface area (Å²) in [6.45, 7) is 2.74. The molecule has 0 aromatic rings. The van der Waals surface area contributed by atoms with Crippen molar-refractivity contribution in [2.75, 3.05) is 32.8 Å². The van der Waals surface area contributed by atoms with E-state index in [1.54, 1.807) is 0 Å². The molecule has 4 N–H and O–H groups in total. The van der Waals surface area contributed by atoms with E-state index in [1.807, 2.05) is 0 Å². The van der Waals surface area contributed by atoms with E-state index < -0.39 is 0 Å². The lowest BCUT2D eigenvalue weighted by atomic mass is 10.1. The Morgan fingerprint density at radius 1 is 1.56 bits per heavy atom. The van der Waals surface area contributed by atoms with Crippen LogP contribution in [-0.4, -0.2) is 54.7 Å². The maximum atomic E-state index is 11.5. The number of carbonyl (C=O) groups excluding carboxylic acids is 1. The van der Waals surface area contributed by atoms with E-state index in [4.69, 9.17) is 10.8 Å². The van der Waals surface area contributed by atoms with Gasteiger partial charge in [-0.05, 0) is 32.2 Å². The van der Waals surface area contributed by atoms with E-state index in [2.05, 4.69) is 10.2 Å². The van der Waals surface area contributed by atoms with Gasteiger partial charge in [0.1, 0.15) is 0 Å². The van der Waals surface area contributed by atoms with Gasteiger partial charge in [0.2, 0.25) is 5.91 Å². The number of amides is 1. The molecular weight excluding hydrogens is 206 g/mol. The zero-order valence-corrected chi connectivity index (χ0v) is 9.82. The predicted molar refractivity (Wildman–Crippen MR) is 63.0 cm³/mol. The highest BCUT2D eigenvalue weighted by Crippen LogP contribution is 2.20. The average Bonchev–Trinajstić information content (AvgIpc) is 2.71. The van der Waals surface area contributed by atoms with Gasteiger partial charge >= 0.3 is 0 Å². The topological polar surface area (TPSA) is 78.6 Å². The normalized spacial score (nSPS) is 21.2. The fraction of sp³-hybridized carbons (Fsp3) is 0.909. The third kappa shape index (κ3) is 4.47. The van der Waals surface area contributed by atoms with Crippen LogP contribution in [0.2, 0.25) is 0 Å². The van der Waals surface area contributed by atoms with Gasteiger partial charge in [-0.3, -0.25) is 9.69 Å². The molecule has 5 heteroatoms. The number of aliphatic hydroxyl groups excluding tert-OH is 1. The van der Waals surface area contributed by atoms with Crippen molar-refractivity contribution >= 4 is 5.91 Å². The van der Waals surface area contributed by atoms with Gasteiger partial charge in [-0.2, -0.15) is 0 Å². The number of nitrogens with zero attached hydrogens (tertiary/aromatic N) is 1. The molecule has 1 rings (SSSR count). The van der Waals surface area contributed by atoms with Gasteiger partial charge in [-0.15, -0.1) is 0 Å². The molecular formula is C11H23N3O2. The van der Waals surface area contributed by atoms with Gasteiger partial charge < -0.3 is 16.2 Å². The first kappa shape index (κ1) is 13.4. The molecule has 1 aliphatic rings. The number of nitrogens with one attached hydrogen (secondary N) is 1. The highest BCUT2D eigenvalue weighted by molar-refractivity contribution is 5.78. The molecule has 0 aromatic carbocycles. The first-order valence-corrected chi connectivity index (χ1v) is 6.09. The maximum absolute atomic E-state index is 11.5. The SMILES string of the molecule is NCCNC(=O)CN1CCCC1CCCO. The van der Waals surface area contributed by atoms with Crippen LogP contribution in [0.25, 0.3) is 0 Å². The predicted octanol–water partition coefficient (Wildman–Crippen LogP) is -0.702. The lowest BCUT2D eigenvalue weighted by Gasteiger charge is -2.23. The minimum atomic E-state index is 0.0568. The number of hydrogen-bond donors (Lipinski definition) is 3. The number of nitrogens with two attached hydrogens (primary N) is 1. The number of carbonyl (C=O) groups is 1. The second-order valence-electron chi connectivity index (χ2n) is 4.27. The van der Waals surface area contributed by atoms with E-state index in [9.17, 15) is 4.79 Å². The number of likely N-dealkylation sites (tertiary alicyclic amines) is 1. The molecule has 0 aliphatic carbocycles. The Morgan fingerprint density at radius 2 is 2.38 bits per heavy atom. The summed E-state index contributed by atoms with van der Waals surface area (Å²) in [6, 6.07) is 0.468. The lowest BCUT2D eigenvalue weighted by Crippen LogP contribution is -2.41. The monoisotopic (exact) mass is 229 g/mol. The molecule has 1 saturated heterocycles. The molecule has 0 aromatic heterocycles. The van der Waals surface area contributed by atoms with Crippen molar-refractivity contribution in [2.24, 2.45) is 5.73 Å². The molecule has 1 unspecified atom stereocenters. The van der Waals surface area contributed by atoms with E-state index in [0.29, 0.717) is 25.7 Å². The molecule has 1 amide bonds. The summed E-state index contributed by atoms with van der Waals surface area (Å²) >= 11 is 0. The van der Waals surface area contributed by atoms with Gasteiger partial charge in [0.25, 0.3) is 0 Å². The molecule has 1 fully saturated rings. The first-order chi connectivity index (χ1) is 7.77. The second kappa shape index (κ2) is 7.60. The molecule has 0 spiro atoms. The molecule has 1 heterocycles. The molecule has 16 heavy (non-hydrogen) atoms. The van der Waals surface area contributed by atoms with E-state index in [-0.39, 0.29) is 12.5 Å². The van der Waals surface area contributed by atoms with E-state index in [0.717, 1.165) is 32.2 Å². The highest BCUT2D eigenvalue weighted by atomic mass is 16.2. The van der Waals surface area contributed by atoms with Crippen LogP contribution in [0.1, 0.15) is 25.7 Å². The summed E-state index contributed by atoms with van der Waals surface area (Å²) < 4.78 is 0. The van der Waals surface area contributed by atoms with Crippen molar-refractivity contribution in [1.82, 2.24) is 10.2 Å². The molecule has 1 atom stereocenters. The van der Waals surface area contributed by atoms with E-state index >= 15 is 0 Å². The fourth-order valence-corrected chi connectivity index (χ4v) is 2.21. The van der Waals surface area contributed by atoms with Crippen molar-refractivity contribution in [2.45, 2.75) is 31.7 Å². The lowest BCUT2D eigenvalue weighted by molar-refractivity contribution is -0.122. The zero-order valence-electron chi connectivity index (χ0n) is 9.82. The summed E-state index contributed by atoms with van der Waals surface area (Å²) in [5.74, 6) is 0.0568. The smallest absolute Gasteiger partial charge is 0.234 e. The molecule has 1 aliphatic heterocycles. The van der Waals surface area contributed by atoms with Crippen LogP contribution in [0.5, 0.6) is 0 Å². The van der Waals surface area contributed by atoms with Crippen LogP contribution < -0.4 is 11.1 Å². The summed E-state index contributed by atoms with van der Waals surface area (Å²) in [5, 5.41) is 11.6. The molecule has 5 nitrogen and oxygen atoms in total. The summed E-state index contributed by atoms with van der Waals surface area (Å²) in [6.07, 6.45) is 4.11. The Bertz CT molecular complexity index is 211. The summed E-state index contributed by atoms with van der Waals surface area (Å²) in [7, 11) is 0. The third-order valence-electron chi connectivity index (χ3n) is 3.01. The van der Waals surface area contributed by atoms with Crippen molar-refractivity contribution < 1.29 is 9.90 Å². The van der Waals surface area contributed by atoms with Gasteiger partial charge in [0, 0.05) is 25.7 Å². The van der Waals surface area contributed by atoms with Crippen LogP contribution in [0.4, 0.5) is 0 Å². The van der Waals surface area contributed by atoms with Crippen molar-refractivity contribution in [1.29, 1.82) is 0 Å². The molecule has 0 radical (unpaired) electrons. The summed E-state index contributed by atoms with van der Waals surface area (Å²) in [5.41, 5.74) is 5.32. The maximum Gasteiger partial charge on any atom is 0.234 e. The van der Waals surface area contributed by atoms with Crippen molar-refractivity contribution in [3.05, 3.63) is 0 Å². The van der Waals surface area contributed by atoms with Crippen LogP contribution in [-0.2, 0) is 4.79 Å². The van der Waals surface area contributed by atoms with Gasteiger partial charge in [-0.1, -0.05) is 0 Å². The van der Waals surface area contributed by atoms with Gasteiger partial charge in [-0.25, -0.2) is 0 Å². The van der Waals surface area contributed by atoms with Gasteiger partial charge in [0.15, 0.2) is 0 Å². The first-order valence-electron chi connectivity index (χ1n) is 6.09. The Labute approximate surface area is 97.0 Å². The van der Waals surface area contributed by atoms with Crippen molar-refractivity contribution in [3.8, 4) is 0 Å². The zero-order chi connectivity index (χ0) is 11.8. The van der Waals surface area contributed by atoms with Crippen LogP contribution in [0, 0.1) is 0 Å². The average molecular weight is 229 g/mol. The molecule has 0 saturated carbocycles. The molecule has 94 valence electrons. The van der Waals surface area contributed by atoms with Crippen LogP contribution in [0.3, 0.4) is 0 Å². The number of aliphatic hydroxyl groups is 1.